The van der Waals surface area contributed by atoms with Gasteiger partial charge < -0.3 is 24.7 Å². The number of likely N-dealkylation sites (N-methyl/N-ethyl adjacent to an activating group) is 1. The number of guanidine groups is 1. The summed E-state index contributed by atoms with van der Waals surface area (Å²) in [5, 5.41) is 15.4. The van der Waals surface area contributed by atoms with Crippen molar-refractivity contribution in [2.45, 2.75) is 52.2 Å². The highest BCUT2D eigenvalue weighted by molar-refractivity contribution is 14.0. The summed E-state index contributed by atoms with van der Waals surface area (Å²) < 4.78 is 13.8. The Morgan fingerprint density at radius 1 is 1.18 bits per heavy atom. The minimum atomic E-state index is 0. The molecule has 9 nitrogen and oxygen atoms in total. The fraction of sp³-hybridized carbons (Fsp3) is 0.609. The van der Waals surface area contributed by atoms with Gasteiger partial charge in [-0.3, -0.25) is 4.90 Å². The van der Waals surface area contributed by atoms with Gasteiger partial charge in [-0.25, -0.2) is 4.99 Å². The van der Waals surface area contributed by atoms with Crippen molar-refractivity contribution in [1.82, 2.24) is 30.3 Å². The van der Waals surface area contributed by atoms with Crippen LogP contribution in [0.25, 0.3) is 0 Å². The Kier molecular flexibility index (Phi) is 9.60. The largest absolute Gasteiger partial charge is 0.490 e. The van der Waals surface area contributed by atoms with Crippen LogP contribution in [0.3, 0.4) is 0 Å². The molecule has 1 fully saturated rings. The third kappa shape index (κ3) is 6.50. The van der Waals surface area contributed by atoms with Crippen LogP contribution in [0, 0.1) is 6.92 Å². The van der Waals surface area contributed by atoms with E-state index in [-0.39, 0.29) is 24.0 Å². The zero-order valence-electron chi connectivity index (χ0n) is 19.8. The smallest absolute Gasteiger partial charge is 0.192 e. The molecule has 0 radical (unpaired) electrons. The van der Waals surface area contributed by atoms with Crippen molar-refractivity contribution in [2.24, 2.45) is 12.0 Å². The van der Waals surface area contributed by atoms with Crippen LogP contribution in [0.4, 0.5) is 0 Å². The van der Waals surface area contributed by atoms with Crippen molar-refractivity contribution in [3.05, 3.63) is 35.4 Å². The molecular weight excluding hydrogens is 533 g/mol. The average Bonchev–Trinajstić information content (AvgIpc) is 3.30. The van der Waals surface area contributed by atoms with Crippen LogP contribution in [0.2, 0.25) is 0 Å². The maximum atomic E-state index is 5.97. The van der Waals surface area contributed by atoms with Gasteiger partial charge in [0.25, 0.3) is 0 Å². The van der Waals surface area contributed by atoms with Crippen LogP contribution in [0.15, 0.2) is 23.2 Å². The number of benzene rings is 1. The molecule has 0 aliphatic carbocycles. The van der Waals surface area contributed by atoms with Crippen LogP contribution in [0.1, 0.15) is 43.4 Å². The summed E-state index contributed by atoms with van der Waals surface area (Å²) in [6.07, 6.45) is 3.36. The maximum Gasteiger partial charge on any atom is 0.192 e. The molecule has 0 amide bonds. The SMILES string of the molecule is CCN1CCCC1CNC(=NCc1cccc2c1OCCCO2)NCc1nnc(C)n1C.I. The number of halogens is 1. The normalized spacial score (nSPS) is 18.5. The van der Waals surface area contributed by atoms with E-state index in [9.17, 15) is 0 Å². The molecule has 2 aliphatic rings. The Balaban J connectivity index is 0.00000306. The predicted molar refractivity (Wildman–Crippen MR) is 139 cm³/mol. The van der Waals surface area contributed by atoms with Crippen LogP contribution < -0.4 is 20.1 Å². The van der Waals surface area contributed by atoms with E-state index < -0.39 is 0 Å². The first kappa shape index (κ1) is 25.5. The molecule has 4 rings (SSSR count). The number of ether oxygens (including phenoxy) is 2. The molecule has 0 spiro atoms. The Labute approximate surface area is 213 Å². The number of rotatable bonds is 7. The number of nitrogens with zero attached hydrogens (tertiary/aromatic N) is 5. The van der Waals surface area contributed by atoms with Crippen molar-refractivity contribution in [3.63, 3.8) is 0 Å². The van der Waals surface area contributed by atoms with Gasteiger partial charge in [-0.2, -0.15) is 0 Å². The summed E-state index contributed by atoms with van der Waals surface area (Å²) in [6, 6.07) is 6.55. The van der Waals surface area contributed by atoms with Gasteiger partial charge in [-0.1, -0.05) is 19.1 Å². The quantitative estimate of drug-likeness (QED) is 0.301. The predicted octanol–water partition coefficient (Wildman–Crippen LogP) is 2.62. The molecule has 2 aromatic rings. The molecule has 3 heterocycles. The number of fused-ring (bicyclic) bond motifs is 1. The summed E-state index contributed by atoms with van der Waals surface area (Å²) >= 11 is 0. The average molecular weight is 569 g/mol. The lowest BCUT2D eigenvalue weighted by Gasteiger charge is -2.24. The summed E-state index contributed by atoms with van der Waals surface area (Å²) in [4.78, 5) is 7.41. The van der Waals surface area contributed by atoms with E-state index in [1.807, 2.05) is 30.7 Å². The molecular formula is C23H36IN7O2. The van der Waals surface area contributed by atoms with E-state index >= 15 is 0 Å². The number of hydrogen-bond donors (Lipinski definition) is 2. The fourth-order valence-corrected chi connectivity index (χ4v) is 4.24. The zero-order valence-corrected chi connectivity index (χ0v) is 22.2. The number of aliphatic imine (C=N–C) groups is 1. The van der Waals surface area contributed by atoms with Crippen molar-refractivity contribution in [2.75, 3.05) is 32.8 Å². The third-order valence-electron chi connectivity index (χ3n) is 6.27. The highest BCUT2D eigenvalue weighted by Crippen LogP contribution is 2.33. The van der Waals surface area contributed by atoms with Gasteiger partial charge in [-0.15, -0.1) is 34.2 Å². The second-order valence-electron chi connectivity index (χ2n) is 8.34. The molecule has 33 heavy (non-hydrogen) atoms. The summed E-state index contributed by atoms with van der Waals surface area (Å²) in [6.45, 7) is 9.70. The zero-order chi connectivity index (χ0) is 22.3. The van der Waals surface area contributed by atoms with Gasteiger partial charge in [0.15, 0.2) is 23.3 Å². The number of para-hydroxylation sites is 1. The molecule has 0 saturated carbocycles. The molecule has 2 aliphatic heterocycles. The second kappa shape index (κ2) is 12.4. The maximum absolute atomic E-state index is 5.97. The molecule has 182 valence electrons. The second-order valence-corrected chi connectivity index (χ2v) is 8.34. The molecule has 1 atom stereocenters. The molecule has 1 aromatic carbocycles. The van der Waals surface area contributed by atoms with Crippen molar-refractivity contribution in [1.29, 1.82) is 0 Å². The van der Waals surface area contributed by atoms with Gasteiger partial charge >= 0.3 is 0 Å². The minimum Gasteiger partial charge on any atom is -0.490 e. The molecule has 1 unspecified atom stereocenters. The van der Waals surface area contributed by atoms with E-state index in [2.05, 4.69) is 38.7 Å². The molecule has 1 aromatic heterocycles. The van der Waals surface area contributed by atoms with Crippen molar-refractivity contribution >= 4 is 29.9 Å². The highest BCUT2D eigenvalue weighted by atomic mass is 127. The number of nitrogens with one attached hydrogen (secondary N) is 2. The van der Waals surface area contributed by atoms with Gasteiger partial charge in [0.2, 0.25) is 0 Å². The lowest BCUT2D eigenvalue weighted by molar-refractivity contribution is 0.267. The first-order chi connectivity index (χ1) is 15.7. The van der Waals surface area contributed by atoms with Gasteiger partial charge in [-0.05, 0) is 38.9 Å². The third-order valence-corrected chi connectivity index (χ3v) is 6.27. The van der Waals surface area contributed by atoms with Gasteiger partial charge in [0.1, 0.15) is 5.82 Å². The Morgan fingerprint density at radius 2 is 2.03 bits per heavy atom. The van der Waals surface area contributed by atoms with E-state index in [1.54, 1.807) is 0 Å². The first-order valence-electron chi connectivity index (χ1n) is 11.6. The van der Waals surface area contributed by atoms with Gasteiger partial charge in [0.05, 0.1) is 26.3 Å². The standard InChI is InChI=1S/C23H35N7O2.HI/c1-4-30-11-6-9-19(30)15-25-23(26-16-21-28-27-17(2)29(21)3)24-14-18-8-5-10-20-22(18)32-13-7-12-31-20;/h5,8,10,19H,4,6-7,9,11-16H2,1-3H3,(H2,24,25,26);1H. The molecule has 0 bridgehead atoms. The molecule has 1 saturated heterocycles. The van der Waals surface area contributed by atoms with E-state index in [0.29, 0.717) is 32.3 Å². The number of aromatic nitrogens is 3. The fourth-order valence-electron chi connectivity index (χ4n) is 4.24. The number of aryl methyl sites for hydroxylation is 1. The summed E-state index contributed by atoms with van der Waals surface area (Å²) in [5.74, 6) is 4.14. The van der Waals surface area contributed by atoms with Gasteiger partial charge in [0, 0.05) is 31.6 Å². The molecule has 10 heteroatoms. The Hall–Kier alpha value is -2.08. The van der Waals surface area contributed by atoms with Crippen molar-refractivity contribution < 1.29 is 9.47 Å². The lowest BCUT2D eigenvalue weighted by atomic mass is 10.2. The topological polar surface area (TPSA) is 88.8 Å². The Bertz CT molecular complexity index is 934. The monoisotopic (exact) mass is 569 g/mol. The number of likely N-dealkylation sites (tertiary alicyclic amines) is 1. The first-order valence-corrected chi connectivity index (χ1v) is 11.6. The van der Waals surface area contributed by atoms with E-state index in [4.69, 9.17) is 14.5 Å². The molecule has 2 N–H and O–H groups in total. The minimum absolute atomic E-state index is 0. The lowest BCUT2D eigenvalue weighted by Crippen LogP contribution is -2.44. The number of hydrogen-bond acceptors (Lipinski definition) is 6. The summed E-state index contributed by atoms with van der Waals surface area (Å²) in [7, 11) is 1.98. The van der Waals surface area contributed by atoms with Crippen LogP contribution in [0.5, 0.6) is 11.5 Å². The summed E-state index contributed by atoms with van der Waals surface area (Å²) in [5.41, 5.74) is 1.02. The van der Waals surface area contributed by atoms with Crippen LogP contribution in [-0.2, 0) is 20.1 Å². The highest BCUT2D eigenvalue weighted by Gasteiger charge is 2.23. The Morgan fingerprint density at radius 3 is 2.82 bits per heavy atom. The van der Waals surface area contributed by atoms with E-state index in [1.165, 1.54) is 19.4 Å². The van der Waals surface area contributed by atoms with Crippen molar-refractivity contribution in [3.8, 4) is 11.5 Å². The van der Waals surface area contributed by atoms with Crippen LogP contribution in [-0.4, -0.2) is 64.5 Å². The van der Waals surface area contributed by atoms with E-state index in [0.717, 1.165) is 54.2 Å². The van der Waals surface area contributed by atoms with Crippen LogP contribution >= 0.6 is 24.0 Å².